The van der Waals surface area contributed by atoms with Gasteiger partial charge < -0.3 is 54.0 Å². The maximum atomic E-state index is 14.0. The minimum atomic E-state index is -1.28. The van der Waals surface area contributed by atoms with Crippen LogP contribution in [-0.4, -0.2) is 99.3 Å². The number of nitrogens with zero attached hydrogens (tertiary/aromatic N) is 5. The Hall–Kier alpha value is -7.18. The van der Waals surface area contributed by atoms with Crippen molar-refractivity contribution in [2.45, 2.75) is 69.9 Å². The van der Waals surface area contributed by atoms with Gasteiger partial charge in [-0.3, -0.25) is 19.2 Å². The van der Waals surface area contributed by atoms with Gasteiger partial charge >= 0.3 is 6.09 Å². The van der Waals surface area contributed by atoms with Gasteiger partial charge in [0.2, 0.25) is 11.7 Å². The number of hydrogen-bond donors (Lipinski definition) is 4. The number of methoxy groups -OCH3 is 1. The number of rotatable bonds is 14. The van der Waals surface area contributed by atoms with E-state index in [2.05, 4.69) is 20.9 Å². The Morgan fingerprint density at radius 1 is 0.831 bits per heavy atom. The van der Waals surface area contributed by atoms with E-state index in [0.717, 1.165) is 41.7 Å². The fourth-order valence-corrected chi connectivity index (χ4v) is 8.45. The molecule has 2 fully saturated rings. The third-order valence-electron chi connectivity index (χ3n) is 11.7. The number of nitrogens with one attached hydrogen (secondary N) is 3. The van der Waals surface area contributed by atoms with E-state index in [9.17, 15) is 29.1 Å². The molecule has 0 aliphatic carbocycles. The van der Waals surface area contributed by atoms with Crippen molar-refractivity contribution < 1.29 is 48.0 Å². The van der Waals surface area contributed by atoms with E-state index in [-0.39, 0.29) is 71.6 Å². The number of carboxylic acid groups (broad SMARTS) is 1. The van der Waals surface area contributed by atoms with Crippen molar-refractivity contribution in [1.82, 2.24) is 19.0 Å². The van der Waals surface area contributed by atoms with Crippen molar-refractivity contribution >= 4 is 52.6 Å². The van der Waals surface area contributed by atoms with E-state index >= 15 is 0 Å². The summed E-state index contributed by atoms with van der Waals surface area (Å²) in [6.07, 6.45) is 5.37. The Morgan fingerprint density at radius 3 is 2.32 bits per heavy atom. The smallest absolute Gasteiger partial charge is 0.414 e. The number of para-hydroxylation sites is 1. The van der Waals surface area contributed by atoms with Gasteiger partial charge in [-0.25, -0.2) is 14.7 Å². The first-order valence-corrected chi connectivity index (χ1v) is 21.7. The second-order valence-corrected chi connectivity index (χ2v) is 16.2. The number of amides is 5. The number of carbonyl (C=O) groups is 5. The zero-order chi connectivity index (χ0) is 45.6. The van der Waals surface area contributed by atoms with E-state index < -0.39 is 30.6 Å². The van der Waals surface area contributed by atoms with Crippen molar-refractivity contribution in [2.24, 2.45) is 14.1 Å². The number of aryl methyl sites for hydroxylation is 2. The largest absolute Gasteiger partial charge is 0.493 e. The van der Waals surface area contributed by atoms with Crippen LogP contribution in [0.1, 0.15) is 82.8 Å². The molecule has 8 rings (SSSR count). The van der Waals surface area contributed by atoms with Gasteiger partial charge in [0.15, 0.2) is 29.8 Å². The molecule has 5 amide bonds. The van der Waals surface area contributed by atoms with E-state index in [4.69, 9.17) is 18.9 Å². The Balaban J connectivity index is 0.867. The maximum absolute atomic E-state index is 14.0. The molecule has 65 heavy (non-hydrogen) atoms. The molecule has 3 aliphatic rings. The number of fused-ring (bicyclic) bond motifs is 2. The van der Waals surface area contributed by atoms with Gasteiger partial charge in [-0.15, -0.1) is 0 Å². The zero-order valence-electron chi connectivity index (χ0n) is 36.5. The van der Waals surface area contributed by atoms with E-state index in [1.807, 2.05) is 48.7 Å². The highest BCUT2D eigenvalue weighted by Gasteiger charge is 2.46. The molecule has 5 aromatic rings. The van der Waals surface area contributed by atoms with Crippen molar-refractivity contribution in [3.8, 4) is 22.6 Å². The lowest BCUT2D eigenvalue weighted by molar-refractivity contribution is -0.198. The molecule has 0 bridgehead atoms. The maximum Gasteiger partial charge on any atom is 0.414 e. The van der Waals surface area contributed by atoms with Gasteiger partial charge in [0, 0.05) is 69.1 Å². The van der Waals surface area contributed by atoms with Crippen LogP contribution >= 0.6 is 0 Å². The first kappa shape index (κ1) is 44.4. The molecule has 0 radical (unpaired) electrons. The highest BCUT2D eigenvalue weighted by molar-refractivity contribution is 6.06. The molecule has 2 saturated heterocycles. The second-order valence-electron chi connectivity index (χ2n) is 16.2. The third kappa shape index (κ3) is 9.98. The number of ether oxygens (including phenoxy) is 4. The van der Waals surface area contributed by atoms with E-state index in [1.54, 1.807) is 41.8 Å². The first-order chi connectivity index (χ1) is 31.5. The summed E-state index contributed by atoms with van der Waals surface area (Å²) in [5.41, 5.74) is 3.67. The quantitative estimate of drug-likeness (QED) is 0.0828. The molecule has 1 unspecified atom stereocenters. The molecule has 3 atom stereocenters. The molecule has 5 heterocycles. The van der Waals surface area contributed by atoms with Gasteiger partial charge in [-0.1, -0.05) is 30.3 Å². The van der Waals surface area contributed by atoms with Gasteiger partial charge in [-0.2, -0.15) is 0 Å². The lowest BCUT2D eigenvalue weighted by Gasteiger charge is -2.42. The van der Waals surface area contributed by atoms with Crippen LogP contribution in [0.4, 0.5) is 27.7 Å². The molecule has 4 N–H and O–H groups in total. The van der Waals surface area contributed by atoms with Crippen molar-refractivity contribution in [1.29, 1.82) is 0 Å². The average Bonchev–Trinajstić information content (AvgIpc) is 3.86. The molecule has 340 valence electrons. The normalized spacial score (nSPS) is 18.2. The third-order valence-corrected chi connectivity index (χ3v) is 11.7. The molecule has 2 aromatic heterocycles. The van der Waals surface area contributed by atoms with Crippen LogP contribution in [0.2, 0.25) is 0 Å². The predicted octanol–water partition coefficient (Wildman–Crippen LogP) is 7.10. The molecule has 0 saturated carbocycles. The highest BCUT2D eigenvalue weighted by atomic mass is 16.7. The Morgan fingerprint density at radius 2 is 1.58 bits per heavy atom. The highest BCUT2D eigenvalue weighted by Crippen LogP contribution is 2.42. The molecule has 3 aromatic carbocycles. The van der Waals surface area contributed by atoms with Gasteiger partial charge in [-0.05, 0) is 86.9 Å². The minimum Gasteiger partial charge on any atom is -0.493 e. The zero-order valence-corrected chi connectivity index (χ0v) is 36.5. The summed E-state index contributed by atoms with van der Waals surface area (Å²) in [4.78, 5) is 73.4. The summed E-state index contributed by atoms with van der Waals surface area (Å²) in [5, 5.41) is 19.1. The lowest BCUT2D eigenvalue weighted by Crippen LogP contribution is -2.57. The number of anilines is 4. The van der Waals surface area contributed by atoms with Crippen LogP contribution in [0.15, 0.2) is 85.2 Å². The predicted molar refractivity (Wildman–Crippen MR) is 240 cm³/mol. The van der Waals surface area contributed by atoms with Crippen LogP contribution < -0.4 is 30.3 Å². The SMILES string of the molecule is COc1cc2c(cc1OCCCC(=O)Nc1cn(C)c(C(=O)Nc3ccc(-c4cc(C(=O)Nc5ccccc5)n(C)c4)cc3)n1)N(C(=O)O)[C@@H](OC1CCCCO1)[C@@H]1CCCCN1C2=O. The Kier molecular flexibility index (Phi) is 13.5. The molecular weight excluding hydrogens is 837 g/mol. The number of hydrogen-bond acceptors (Lipinski definition) is 10. The van der Waals surface area contributed by atoms with Crippen LogP contribution in [-0.2, 0) is 28.4 Å². The van der Waals surface area contributed by atoms with Crippen molar-refractivity contribution in [3.05, 3.63) is 102 Å². The van der Waals surface area contributed by atoms with Crippen LogP contribution in [0, 0.1) is 0 Å². The molecule has 0 spiro atoms. The fraction of sp³-hybridized carbons (Fsp3) is 0.362. The molecular formula is C47H52N8O10. The number of aromatic nitrogens is 3. The molecule has 18 heteroatoms. The summed E-state index contributed by atoms with van der Waals surface area (Å²) in [6, 6.07) is 20.7. The van der Waals surface area contributed by atoms with Crippen LogP contribution in [0.5, 0.6) is 11.5 Å². The molecule has 3 aliphatic heterocycles. The lowest BCUT2D eigenvalue weighted by atomic mass is 10.00. The average molecular weight is 889 g/mol. The first-order valence-electron chi connectivity index (χ1n) is 21.7. The van der Waals surface area contributed by atoms with Gasteiger partial charge in [0.1, 0.15) is 5.69 Å². The number of piperidine rings is 1. The van der Waals surface area contributed by atoms with Gasteiger partial charge in [0.05, 0.1) is 31.0 Å². The van der Waals surface area contributed by atoms with E-state index in [1.165, 1.54) is 30.0 Å². The topological polar surface area (TPSA) is 208 Å². The van der Waals surface area contributed by atoms with Crippen LogP contribution in [0.25, 0.3) is 11.1 Å². The molecule has 18 nitrogen and oxygen atoms in total. The monoisotopic (exact) mass is 888 g/mol. The van der Waals surface area contributed by atoms with Gasteiger partial charge in [0.25, 0.3) is 17.7 Å². The summed E-state index contributed by atoms with van der Waals surface area (Å²) >= 11 is 0. The number of benzene rings is 3. The number of imidazole rings is 1. The Labute approximate surface area is 375 Å². The van der Waals surface area contributed by atoms with E-state index in [0.29, 0.717) is 43.1 Å². The summed E-state index contributed by atoms with van der Waals surface area (Å²) in [5.74, 6) is -0.700. The Bertz CT molecular complexity index is 2550. The van der Waals surface area contributed by atoms with Crippen LogP contribution in [0.3, 0.4) is 0 Å². The summed E-state index contributed by atoms with van der Waals surface area (Å²) < 4.78 is 27.2. The minimum absolute atomic E-state index is 0.0337. The standard InChI is InChI=1S/C47H52N8O10/c1-52-27-30(24-36(52)43(57)48-31-12-5-4-6-13-31)29-17-19-32(20-18-29)49-44(58)42-51-39(28-53(42)2)50-40(56)15-11-23-63-38-26-35-33(25-37(38)62-3)45(59)54-21-9-7-14-34(54)46(55(35)47(60)61)65-41-16-8-10-22-64-41/h4-6,12-13,17-20,24-28,34,41,46H,7-11,14-16,21-23H2,1-3H3,(H,48,57)(H,49,58)(H,50,56)(H,60,61)/t34-,41?,46-/m0/s1. The summed E-state index contributed by atoms with van der Waals surface area (Å²) in [6.45, 7) is 1.03. The second kappa shape index (κ2) is 19.7. The van der Waals surface area contributed by atoms with Crippen molar-refractivity contribution in [3.63, 3.8) is 0 Å². The van der Waals surface area contributed by atoms with Crippen molar-refractivity contribution in [2.75, 3.05) is 47.7 Å². The fourth-order valence-electron chi connectivity index (χ4n) is 8.45. The summed E-state index contributed by atoms with van der Waals surface area (Å²) in [7, 11) is 4.88. The number of carbonyl (C=O) groups excluding carboxylic acids is 4.